The van der Waals surface area contributed by atoms with Crippen molar-refractivity contribution in [2.75, 3.05) is 16.8 Å². The standard InChI is InChI=1S/C26H26N4O2S/c1-17-23-20(28-29-26(33)27-19-11-3-2-4-12-19)13-7-15-22(23)32-24(17)25(31)30-16-8-10-18-9-5-6-14-21(18)30/h2-6,9,11-12,14H,7-8,10,13,15-16H2,1H3,(H2,27,29,33)/b28-20+. The lowest BCUT2D eigenvalue weighted by Crippen LogP contribution is -2.35. The van der Waals surface area contributed by atoms with E-state index >= 15 is 0 Å². The fourth-order valence-corrected chi connectivity index (χ4v) is 4.81. The van der Waals surface area contributed by atoms with E-state index in [1.54, 1.807) is 0 Å². The number of furan rings is 1. The number of para-hydroxylation sites is 2. The Labute approximate surface area is 198 Å². The third-order valence-electron chi connectivity index (χ3n) is 6.20. The van der Waals surface area contributed by atoms with Crippen LogP contribution in [0.25, 0.3) is 0 Å². The molecule has 2 aromatic carbocycles. The number of hydrazone groups is 1. The molecule has 0 atom stereocenters. The molecule has 168 valence electrons. The minimum atomic E-state index is -0.0809. The molecule has 33 heavy (non-hydrogen) atoms. The molecular weight excluding hydrogens is 432 g/mol. The number of amides is 1. The van der Waals surface area contributed by atoms with Gasteiger partial charge in [0.2, 0.25) is 0 Å². The molecule has 3 aromatic rings. The third kappa shape index (κ3) is 4.28. The lowest BCUT2D eigenvalue weighted by Gasteiger charge is -2.28. The van der Waals surface area contributed by atoms with Crippen molar-refractivity contribution >= 4 is 40.3 Å². The Morgan fingerprint density at radius 2 is 1.82 bits per heavy atom. The SMILES string of the molecule is Cc1c(C(=O)N2CCCc3ccccc32)oc2c1/C(=N/NC(=S)Nc1ccccc1)CCC2. The van der Waals surface area contributed by atoms with Gasteiger partial charge in [0.25, 0.3) is 5.91 Å². The van der Waals surface area contributed by atoms with E-state index in [9.17, 15) is 4.79 Å². The fourth-order valence-electron chi connectivity index (χ4n) is 4.65. The maximum atomic E-state index is 13.5. The van der Waals surface area contributed by atoms with Crippen molar-refractivity contribution in [2.45, 2.75) is 39.0 Å². The lowest BCUT2D eigenvalue weighted by molar-refractivity contribution is 0.0955. The summed E-state index contributed by atoms with van der Waals surface area (Å²) in [4.78, 5) is 15.4. The molecule has 0 fully saturated rings. The topological polar surface area (TPSA) is 69.9 Å². The first-order valence-corrected chi connectivity index (χ1v) is 11.7. The zero-order valence-electron chi connectivity index (χ0n) is 18.6. The maximum Gasteiger partial charge on any atom is 0.294 e. The molecule has 1 aromatic heterocycles. The van der Waals surface area contributed by atoms with Crippen molar-refractivity contribution in [3.8, 4) is 0 Å². The highest BCUT2D eigenvalue weighted by Crippen LogP contribution is 2.33. The van der Waals surface area contributed by atoms with Gasteiger partial charge in [0.1, 0.15) is 5.76 Å². The first-order chi connectivity index (χ1) is 16.1. The van der Waals surface area contributed by atoms with Gasteiger partial charge in [0, 0.05) is 35.5 Å². The van der Waals surface area contributed by atoms with E-state index in [1.807, 2.05) is 60.4 Å². The van der Waals surface area contributed by atoms with Crippen LogP contribution in [-0.4, -0.2) is 23.3 Å². The molecule has 0 radical (unpaired) electrons. The molecule has 6 nitrogen and oxygen atoms in total. The molecule has 0 bridgehead atoms. The highest BCUT2D eigenvalue weighted by atomic mass is 32.1. The second-order valence-corrected chi connectivity index (χ2v) is 8.80. The van der Waals surface area contributed by atoms with Gasteiger partial charge in [-0.3, -0.25) is 10.2 Å². The van der Waals surface area contributed by atoms with Crippen molar-refractivity contribution in [2.24, 2.45) is 5.10 Å². The van der Waals surface area contributed by atoms with Gasteiger partial charge in [-0.2, -0.15) is 5.10 Å². The Morgan fingerprint density at radius 1 is 1.03 bits per heavy atom. The summed E-state index contributed by atoms with van der Waals surface area (Å²) in [7, 11) is 0. The molecule has 1 aliphatic carbocycles. The molecule has 7 heteroatoms. The maximum absolute atomic E-state index is 13.5. The molecule has 0 saturated heterocycles. The normalized spacial score (nSPS) is 16.2. The van der Waals surface area contributed by atoms with E-state index in [-0.39, 0.29) is 5.91 Å². The van der Waals surface area contributed by atoms with Crippen molar-refractivity contribution in [3.05, 3.63) is 82.8 Å². The zero-order chi connectivity index (χ0) is 22.8. The summed E-state index contributed by atoms with van der Waals surface area (Å²) >= 11 is 5.39. The molecule has 0 saturated carbocycles. The highest BCUT2D eigenvalue weighted by Gasteiger charge is 2.32. The Balaban J connectivity index is 1.39. The van der Waals surface area contributed by atoms with Crippen LogP contribution in [-0.2, 0) is 12.8 Å². The molecule has 2 heterocycles. The van der Waals surface area contributed by atoms with Crippen LogP contribution in [0.5, 0.6) is 0 Å². The average Bonchev–Trinajstić information content (AvgIpc) is 3.19. The van der Waals surface area contributed by atoms with E-state index in [1.165, 1.54) is 5.56 Å². The Bertz CT molecular complexity index is 1230. The Hall–Kier alpha value is -3.45. The Kier molecular flexibility index (Phi) is 5.96. The van der Waals surface area contributed by atoms with E-state index in [4.69, 9.17) is 16.6 Å². The predicted molar refractivity (Wildman–Crippen MR) is 135 cm³/mol. The van der Waals surface area contributed by atoms with Gasteiger partial charge in [-0.05, 0) is 68.6 Å². The number of benzene rings is 2. The smallest absolute Gasteiger partial charge is 0.294 e. The molecule has 1 aliphatic heterocycles. The molecule has 0 unspecified atom stereocenters. The van der Waals surface area contributed by atoms with Gasteiger partial charge in [0.15, 0.2) is 10.9 Å². The van der Waals surface area contributed by atoms with Crippen LogP contribution < -0.4 is 15.6 Å². The van der Waals surface area contributed by atoms with Crippen LogP contribution in [0.2, 0.25) is 0 Å². The number of rotatable bonds is 3. The molecule has 2 N–H and O–H groups in total. The highest BCUT2D eigenvalue weighted by molar-refractivity contribution is 7.80. The third-order valence-corrected chi connectivity index (χ3v) is 6.39. The number of anilines is 2. The van der Waals surface area contributed by atoms with Crippen LogP contribution in [0.15, 0.2) is 64.1 Å². The molecule has 1 amide bonds. The monoisotopic (exact) mass is 458 g/mol. The van der Waals surface area contributed by atoms with Crippen molar-refractivity contribution in [1.82, 2.24) is 5.43 Å². The molecule has 0 spiro atoms. The van der Waals surface area contributed by atoms with E-state index in [2.05, 4.69) is 21.9 Å². The van der Waals surface area contributed by atoms with E-state index < -0.39 is 0 Å². The predicted octanol–water partition coefficient (Wildman–Crippen LogP) is 5.21. The number of carbonyl (C=O) groups excluding carboxylic acids is 1. The quantitative estimate of drug-likeness (QED) is 0.417. The number of nitrogens with zero attached hydrogens (tertiary/aromatic N) is 2. The van der Waals surface area contributed by atoms with Gasteiger partial charge >= 0.3 is 0 Å². The average molecular weight is 459 g/mol. The van der Waals surface area contributed by atoms with Crippen molar-refractivity contribution < 1.29 is 9.21 Å². The second kappa shape index (κ2) is 9.19. The number of fused-ring (bicyclic) bond motifs is 2. The summed E-state index contributed by atoms with van der Waals surface area (Å²) in [5, 5.41) is 8.13. The molecular formula is C26H26N4O2S. The van der Waals surface area contributed by atoms with Crippen LogP contribution in [0, 0.1) is 6.92 Å². The van der Waals surface area contributed by atoms with Gasteiger partial charge < -0.3 is 14.6 Å². The summed E-state index contributed by atoms with van der Waals surface area (Å²) in [6.45, 7) is 2.65. The summed E-state index contributed by atoms with van der Waals surface area (Å²) in [5.74, 6) is 1.16. The molecule has 5 rings (SSSR count). The van der Waals surface area contributed by atoms with E-state index in [0.717, 1.165) is 66.1 Å². The first kappa shape index (κ1) is 21.4. The van der Waals surface area contributed by atoms with Crippen LogP contribution >= 0.6 is 12.2 Å². The first-order valence-electron chi connectivity index (χ1n) is 11.3. The van der Waals surface area contributed by atoms with E-state index in [0.29, 0.717) is 17.4 Å². The minimum Gasteiger partial charge on any atom is -0.455 e. The lowest BCUT2D eigenvalue weighted by atomic mass is 9.93. The molecule has 2 aliphatic rings. The number of carbonyl (C=O) groups is 1. The van der Waals surface area contributed by atoms with Gasteiger partial charge in [-0.15, -0.1) is 0 Å². The van der Waals surface area contributed by atoms with Crippen LogP contribution in [0.1, 0.15) is 52.3 Å². The largest absolute Gasteiger partial charge is 0.455 e. The number of hydrogen-bond donors (Lipinski definition) is 2. The fraction of sp³-hybridized carbons (Fsp3) is 0.269. The van der Waals surface area contributed by atoms with Gasteiger partial charge in [0.05, 0.1) is 5.71 Å². The van der Waals surface area contributed by atoms with Gasteiger partial charge in [-0.25, -0.2) is 0 Å². The number of aryl methyl sites for hydroxylation is 2. The summed E-state index contributed by atoms with van der Waals surface area (Å²) in [6.07, 6.45) is 4.46. The summed E-state index contributed by atoms with van der Waals surface area (Å²) in [5.41, 5.74) is 8.69. The summed E-state index contributed by atoms with van der Waals surface area (Å²) < 4.78 is 6.15. The number of nitrogens with one attached hydrogen (secondary N) is 2. The zero-order valence-corrected chi connectivity index (χ0v) is 19.4. The number of hydrogen-bond acceptors (Lipinski definition) is 4. The Morgan fingerprint density at radius 3 is 2.67 bits per heavy atom. The minimum absolute atomic E-state index is 0.0809. The van der Waals surface area contributed by atoms with Crippen molar-refractivity contribution in [3.63, 3.8) is 0 Å². The van der Waals surface area contributed by atoms with Crippen LogP contribution in [0.3, 0.4) is 0 Å². The number of thiocarbonyl (C=S) groups is 1. The second-order valence-electron chi connectivity index (χ2n) is 8.39. The summed E-state index contributed by atoms with van der Waals surface area (Å²) in [6, 6.07) is 17.8. The van der Waals surface area contributed by atoms with Crippen LogP contribution in [0.4, 0.5) is 11.4 Å². The van der Waals surface area contributed by atoms with Gasteiger partial charge in [-0.1, -0.05) is 36.4 Å². The van der Waals surface area contributed by atoms with Crippen molar-refractivity contribution in [1.29, 1.82) is 0 Å².